The number of nitrogens with zero attached hydrogens (tertiary/aromatic N) is 2. The first-order chi connectivity index (χ1) is 10.1. The van der Waals surface area contributed by atoms with Crippen LogP contribution >= 0.6 is 27.7 Å². The second-order valence-corrected chi connectivity index (χ2v) is 6.95. The second-order valence-electron chi connectivity index (χ2n) is 5.09. The Bertz CT molecular complexity index is 585. The Kier molecular flexibility index (Phi) is 6.06. The Hall–Kier alpha value is -1.07. The topological polar surface area (TPSA) is 37.8 Å². The first-order valence-electron chi connectivity index (χ1n) is 7.14. The number of hydrogen-bond donors (Lipinski definition) is 1. The highest BCUT2D eigenvalue weighted by molar-refractivity contribution is 9.10. The zero-order valence-electron chi connectivity index (χ0n) is 12.6. The summed E-state index contributed by atoms with van der Waals surface area (Å²) in [6.07, 6.45) is 2.67. The first-order valence-corrected chi connectivity index (χ1v) is 8.75. The fourth-order valence-corrected chi connectivity index (χ4v) is 3.19. The summed E-state index contributed by atoms with van der Waals surface area (Å²) in [6, 6.07) is 8.65. The molecule has 2 aromatic rings. The summed E-state index contributed by atoms with van der Waals surface area (Å²) in [5, 5.41) is 4.23. The maximum absolute atomic E-state index is 4.36. The summed E-state index contributed by atoms with van der Waals surface area (Å²) in [7, 11) is 0. The van der Waals surface area contributed by atoms with Gasteiger partial charge >= 0.3 is 0 Å². The molecule has 1 heterocycles. The van der Waals surface area contributed by atoms with Crippen LogP contribution in [0.1, 0.15) is 38.7 Å². The van der Waals surface area contributed by atoms with Crippen molar-refractivity contribution in [1.29, 1.82) is 0 Å². The number of benzene rings is 1. The van der Waals surface area contributed by atoms with Crippen molar-refractivity contribution in [3.63, 3.8) is 0 Å². The number of nitrogens with one attached hydrogen (secondary N) is 1. The summed E-state index contributed by atoms with van der Waals surface area (Å²) in [6.45, 7) is 7.44. The van der Waals surface area contributed by atoms with Crippen molar-refractivity contribution in [2.45, 2.75) is 43.0 Å². The molecule has 1 N–H and O–H groups in total. The smallest absolute Gasteiger partial charge is 0.144 e. The Morgan fingerprint density at radius 3 is 2.52 bits per heavy atom. The molecule has 0 saturated heterocycles. The van der Waals surface area contributed by atoms with Gasteiger partial charge in [-0.05, 0) is 46.0 Å². The molecule has 1 aromatic heterocycles. The van der Waals surface area contributed by atoms with Gasteiger partial charge in [0.2, 0.25) is 0 Å². The van der Waals surface area contributed by atoms with Gasteiger partial charge in [-0.3, -0.25) is 0 Å². The highest BCUT2D eigenvalue weighted by atomic mass is 79.9. The highest BCUT2D eigenvalue weighted by Crippen LogP contribution is 2.35. The van der Waals surface area contributed by atoms with Crippen LogP contribution < -0.4 is 5.32 Å². The lowest BCUT2D eigenvalue weighted by atomic mass is 10.0. The molecule has 0 aliphatic heterocycles. The largest absolute Gasteiger partial charge is 0.369 e. The predicted molar refractivity (Wildman–Crippen MR) is 93.2 cm³/mol. The molecule has 0 saturated carbocycles. The molecule has 112 valence electrons. The third-order valence-electron chi connectivity index (χ3n) is 3.06. The van der Waals surface area contributed by atoms with E-state index in [9.17, 15) is 0 Å². The third kappa shape index (κ3) is 4.45. The van der Waals surface area contributed by atoms with Crippen molar-refractivity contribution in [2.24, 2.45) is 0 Å². The molecule has 0 fully saturated rings. The normalized spacial score (nSPS) is 10.9. The van der Waals surface area contributed by atoms with Crippen LogP contribution in [0.15, 0.2) is 45.0 Å². The van der Waals surface area contributed by atoms with E-state index in [1.165, 1.54) is 10.5 Å². The molecule has 1 aromatic carbocycles. The maximum atomic E-state index is 4.36. The van der Waals surface area contributed by atoms with Gasteiger partial charge in [-0.2, -0.15) is 0 Å². The van der Waals surface area contributed by atoms with Gasteiger partial charge in [0.05, 0.1) is 4.47 Å². The van der Waals surface area contributed by atoms with E-state index in [1.807, 2.05) is 0 Å². The van der Waals surface area contributed by atoms with Crippen molar-refractivity contribution < 1.29 is 0 Å². The van der Waals surface area contributed by atoms with E-state index in [0.717, 1.165) is 28.3 Å². The van der Waals surface area contributed by atoms with Crippen molar-refractivity contribution in [3.05, 3.63) is 40.6 Å². The van der Waals surface area contributed by atoms with Crippen LogP contribution in [0.25, 0.3) is 0 Å². The lowest BCUT2D eigenvalue weighted by Gasteiger charge is -2.10. The van der Waals surface area contributed by atoms with Gasteiger partial charge in [0, 0.05) is 11.4 Å². The van der Waals surface area contributed by atoms with Crippen LogP contribution in [0.3, 0.4) is 0 Å². The van der Waals surface area contributed by atoms with Crippen LogP contribution in [-0.2, 0) is 0 Å². The van der Waals surface area contributed by atoms with Gasteiger partial charge in [-0.1, -0.05) is 44.7 Å². The van der Waals surface area contributed by atoms with E-state index in [2.05, 4.69) is 76.3 Å². The molecular formula is C16H20BrN3S. The average Bonchev–Trinajstić information content (AvgIpc) is 2.49. The minimum Gasteiger partial charge on any atom is -0.369 e. The molecular weight excluding hydrogens is 346 g/mol. The standard InChI is InChI=1S/C16H20BrN3S/c1-4-9-18-15-14(17)16(20-10-19-15)21-13-7-5-12(6-8-13)11(2)3/h5-8,10-11H,4,9H2,1-3H3,(H,18,19,20). The zero-order chi connectivity index (χ0) is 15.2. The summed E-state index contributed by atoms with van der Waals surface area (Å²) in [5.74, 6) is 1.41. The first kappa shape index (κ1) is 16.3. The molecule has 0 atom stereocenters. The molecule has 5 heteroatoms. The van der Waals surface area contributed by atoms with Gasteiger partial charge in [-0.25, -0.2) is 9.97 Å². The molecule has 0 aliphatic rings. The van der Waals surface area contributed by atoms with Gasteiger partial charge in [0.25, 0.3) is 0 Å². The SMILES string of the molecule is CCCNc1ncnc(Sc2ccc(C(C)C)cc2)c1Br. The molecule has 0 amide bonds. The fourth-order valence-electron chi connectivity index (χ4n) is 1.82. The van der Waals surface area contributed by atoms with Crippen molar-refractivity contribution in [2.75, 3.05) is 11.9 Å². The minimum absolute atomic E-state index is 0.555. The molecule has 0 bridgehead atoms. The summed E-state index contributed by atoms with van der Waals surface area (Å²) in [4.78, 5) is 9.82. The lowest BCUT2D eigenvalue weighted by Crippen LogP contribution is -2.03. The van der Waals surface area contributed by atoms with Crippen LogP contribution in [0.2, 0.25) is 0 Å². The Morgan fingerprint density at radius 1 is 1.19 bits per heavy atom. The van der Waals surface area contributed by atoms with Crippen molar-refractivity contribution in [3.8, 4) is 0 Å². The van der Waals surface area contributed by atoms with E-state index in [0.29, 0.717) is 5.92 Å². The molecule has 0 aliphatic carbocycles. The van der Waals surface area contributed by atoms with E-state index in [4.69, 9.17) is 0 Å². The third-order valence-corrected chi connectivity index (χ3v) is 5.09. The Balaban J connectivity index is 2.15. The van der Waals surface area contributed by atoms with Crippen LogP contribution in [0.4, 0.5) is 5.82 Å². The van der Waals surface area contributed by atoms with Gasteiger partial charge in [-0.15, -0.1) is 0 Å². The van der Waals surface area contributed by atoms with E-state index in [1.54, 1.807) is 18.1 Å². The lowest BCUT2D eigenvalue weighted by molar-refractivity contribution is 0.865. The number of aromatic nitrogens is 2. The van der Waals surface area contributed by atoms with Crippen molar-refractivity contribution >= 4 is 33.5 Å². The quantitative estimate of drug-likeness (QED) is 0.701. The monoisotopic (exact) mass is 365 g/mol. The average molecular weight is 366 g/mol. The molecule has 21 heavy (non-hydrogen) atoms. The number of halogens is 1. The summed E-state index contributed by atoms with van der Waals surface area (Å²) in [5.41, 5.74) is 1.35. The molecule has 3 nitrogen and oxygen atoms in total. The van der Waals surface area contributed by atoms with Gasteiger partial charge in [0.1, 0.15) is 17.2 Å². The summed E-state index contributed by atoms with van der Waals surface area (Å²) >= 11 is 5.24. The Morgan fingerprint density at radius 2 is 1.90 bits per heavy atom. The highest BCUT2D eigenvalue weighted by Gasteiger charge is 2.10. The predicted octanol–water partition coefficient (Wildman–Crippen LogP) is 5.34. The maximum Gasteiger partial charge on any atom is 0.144 e. The van der Waals surface area contributed by atoms with Gasteiger partial charge in [0.15, 0.2) is 0 Å². The van der Waals surface area contributed by atoms with E-state index < -0.39 is 0 Å². The molecule has 0 unspecified atom stereocenters. The molecule has 0 radical (unpaired) electrons. The molecule has 2 rings (SSSR count). The summed E-state index contributed by atoms with van der Waals surface area (Å²) < 4.78 is 0.927. The number of rotatable bonds is 6. The van der Waals surface area contributed by atoms with Crippen molar-refractivity contribution in [1.82, 2.24) is 9.97 Å². The zero-order valence-corrected chi connectivity index (χ0v) is 15.0. The second kappa shape index (κ2) is 7.80. The number of anilines is 1. The minimum atomic E-state index is 0.555. The van der Waals surface area contributed by atoms with E-state index >= 15 is 0 Å². The van der Waals surface area contributed by atoms with Gasteiger partial charge < -0.3 is 5.32 Å². The van der Waals surface area contributed by atoms with Crippen LogP contribution in [-0.4, -0.2) is 16.5 Å². The Labute approximate surface area is 139 Å². The van der Waals surface area contributed by atoms with Crippen LogP contribution in [0, 0.1) is 0 Å². The van der Waals surface area contributed by atoms with E-state index in [-0.39, 0.29) is 0 Å². The molecule has 0 spiro atoms. The fraction of sp³-hybridized carbons (Fsp3) is 0.375. The van der Waals surface area contributed by atoms with Crippen LogP contribution in [0.5, 0.6) is 0 Å². The number of hydrogen-bond acceptors (Lipinski definition) is 4.